The Labute approximate surface area is 142 Å². The third-order valence-electron chi connectivity index (χ3n) is 4.04. The molecule has 1 saturated heterocycles. The molecule has 0 radical (unpaired) electrons. The number of carbonyl (C=O) groups is 2. The maximum absolute atomic E-state index is 12.6. The number of ketones is 1. The van der Waals surface area contributed by atoms with Crippen LogP contribution in [0, 0.1) is 6.92 Å². The molecule has 1 fully saturated rings. The first-order valence-corrected chi connectivity index (χ1v) is 9.23. The van der Waals surface area contributed by atoms with Gasteiger partial charge in [-0.05, 0) is 57.5 Å². The summed E-state index contributed by atoms with van der Waals surface area (Å²) >= 11 is 1.49. The number of thiophene rings is 1. The Bertz CT molecular complexity index is 559. The second-order valence-electron chi connectivity index (χ2n) is 7.24. The zero-order valence-electron chi connectivity index (χ0n) is 14.6. The fraction of sp³-hybridized carbons (Fsp3) is 0.667. The molecule has 128 valence electrons. The molecule has 0 aliphatic carbocycles. The van der Waals surface area contributed by atoms with Crippen molar-refractivity contribution in [1.29, 1.82) is 0 Å². The van der Waals surface area contributed by atoms with Gasteiger partial charge in [0.2, 0.25) is 0 Å². The number of hydrogen-bond donors (Lipinski definition) is 0. The number of nitrogens with zero attached hydrogens (tertiary/aromatic N) is 1. The Hall–Kier alpha value is -1.36. The van der Waals surface area contributed by atoms with Gasteiger partial charge in [0.25, 0.3) is 0 Å². The fourth-order valence-corrected chi connectivity index (χ4v) is 3.79. The van der Waals surface area contributed by atoms with E-state index >= 15 is 0 Å². The zero-order valence-corrected chi connectivity index (χ0v) is 15.4. The van der Waals surface area contributed by atoms with Gasteiger partial charge in [-0.1, -0.05) is 12.8 Å². The van der Waals surface area contributed by atoms with Crippen LogP contribution in [0.25, 0.3) is 0 Å². The van der Waals surface area contributed by atoms with E-state index in [0.29, 0.717) is 13.0 Å². The summed E-state index contributed by atoms with van der Waals surface area (Å²) in [6.07, 6.45) is 4.10. The summed E-state index contributed by atoms with van der Waals surface area (Å²) in [6, 6.07) is 1.91. The summed E-state index contributed by atoms with van der Waals surface area (Å²) < 4.78 is 5.54. The molecule has 5 heteroatoms. The van der Waals surface area contributed by atoms with Crippen molar-refractivity contribution < 1.29 is 14.3 Å². The number of Topliss-reactive ketones (excluding diaryl/α,β-unsaturated/α-hetero) is 1. The lowest BCUT2D eigenvalue weighted by molar-refractivity contribution is 0.0162. The number of amides is 1. The smallest absolute Gasteiger partial charge is 0.410 e. The lowest BCUT2D eigenvalue weighted by Crippen LogP contribution is -2.44. The molecule has 1 atom stereocenters. The molecule has 4 nitrogen and oxygen atoms in total. The predicted molar refractivity (Wildman–Crippen MR) is 93.2 cm³/mol. The van der Waals surface area contributed by atoms with Gasteiger partial charge in [-0.2, -0.15) is 0 Å². The SMILES string of the molecule is Cc1ccsc1C(=O)CC1CCCCCN1C(=O)OC(C)(C)C. The highest BCUT2D eigenvalue weighted by Gasteiger charge is 2.31. The van der Waals surface area contributed by atoms with Crippen LogP contribution in [0.2, 0.25) is 0 Å². The van der Waals surface area contributed by atoms with Crippen LogP contribution in [-0.2, 0) is 4.74 Å². The third kappa shape index (κ3) is 5.06. The van der Waals surface area contributed by atoms with E-state index in [2.05, 4.69) is 0 Å². The fourth-order valence-electron chi connectivity index (χ4n) is 2.92. The zero-order chi connectivity index (χ0) is 17.0. The van der Waals surface area contributed by atoms with Crippen molar-refractivity contribution in [2.24, 2.45) is 0 Å². The lowest BCUT2D eigenvalue weighted by Gasteiger charge is -2.32. The molecular weight excluding hydrogens is 310 g/mol. The molecule has 0 saturated carbocycles. The van der Waals surface area contributed by atoms with Gasteiger partial charge in [0.1, 0.15) is 5.60 Å². The molecular formula is C18H27NO3S. The second-order valence-corrected chi connectivity index (χ2v) is 8.15. The highest BCUT2D eigenvalue weighted by molar-refractivity contribution is 7.12. The van der Waals surface area contributed by atoms with E-state index in [1.54, 1.807) is 4.90 Å². The minimum absolute atomic E-state index is 0.0543. The van der Waals surface area contributed by atoms with Crippen LogP contribution in [0.3, 0.4) is 0 Å². The monoisotopic (exact) mass is 337 g/mol. The van der Waals surface area contributed by atoms with Crippen LogP contribution in [0.4, 0.5) is 4.79 Å². The molecule has 1 aromatic rings. The highest BCUT2D eigenvalue weighted by Crippen LogP contribution is 2.25. The average molecular weight is 337 g/mol. The molecule has 0 aromatic carbocycles. The molecule has 1 aliphatic rings. The molecule has 1 unspecified atom stereocenters. The molecule has 1 aromatic heterocycles. The Morgan fingerprint density at radius 1 is 1.30 bits per heavy atom. The number of aryl methyl sites for hydroxylation is 1. The van der Waals surface area contributed by atoms with Crippen molar-refractivity contribution in [3.63, 3.8) is 0 Å². The Morgan fingerprint density at radius 3 is 2.65 bits per heavy atom. The largest absolute Gasteiger partial charge is 0.444 e. The average Bonchev–Trinajstić information content (AvgIpc) is 2.72. The van der Waals surface area contributed by atoms with Gasteiger partial charge >= 0.3 is 6.09 Å². The van der Waals surface area contributed by atoms with Crippen molar-refractivity contribution in [3.05, 3.63) is 21.9 Å². The Morgan fingerprint density at radius 2 is 2.04 bits per heavy atom. The molecule has 2 rings (SSSR count). The number of likely N-dealkylation sites (tertiary alicyclic amines) is 1. The molecule has 23 heavy (non-hydrogen) atoms. The maximum atomic E-state index is 12.6. The van der Waals surface area contributed by atoms with Crippen LogP contribution >= 0.6 is 11.3 Å². The van der Waals surface area contributed by atoms with E-state index < -0.39 is 5.60 Å². The van der Waals surface area contributed by atoms with Crippen molar-refractivity contribution >= 4 is 23.2 Å². The number of hydrogen-bond acceptors (Lipinski definition) is 4. The summed E-state index contributed by atoms with van der Waals surface area (Å²) in [5.74, 6) is 0.137. The second kappa shape index (κ2) is 7.47. The van der Waals surface area contributed by atoms with Gasteiger partial charge in [-0.15, -0.1) is 11.3 Å². The first-order chi connectivity index (χ1) is 10.8. The van der Waals surface area contributed by atoms with E-state index in [1.165, 1.54) is 11.3 Å². The van der Waals surface area contributed by atoms with Crippen molar-refractivity contribution in [1.82, 2.24) is 4.90 Å². The molecule has 0 bridgehead atoms. The number of carbonyl (C=O) groups excluding carboxylic acids is 2. The van der Waals surface area contributed by atoms with E-state index in [-0.39, 0.29) is 17.9 Å². The van der Waals surface area contributed by atoms with Crippen LogP contribution in [0.1, 0.15) is 68.1 Å². The highest BCUT2D eigenvalue weighted by atomic mass is 32.1. The van der Waals surface area contributed by atoms with Crippen molar-refractivity contribution in [3.8, 4) is 0 Å². The Balaban J connectivity index is 2.10. The number of ether oxygens (including phenoxy) is 1. The van der Waals surface area contributed by atoms with Gasteiger partial charge in [0, 0.05) is 19.0 Å². The van der Waals surface area contributed by atoms with Gasteiger partial charge in [-0.25, -0.2) is 4.79 Å². The van der Waals surface area contributed by atoms with E-state index in [1.807, 2.05) is 39.1 Å². The van der Waals surface area contributed by atoms with Gasteiger partial charge in [-0.3, -0.25) is 4.79 Å². The van der Waals surface area contributed by atoms with Crippen LogP contribution in [0.5, 0.6) is 0 Å². The minimum atomic E-state index is -0.512. The van der Waals surface area contributed by atoms with E-state index in [9.17, 15) is 9.59 Å². The summed E-state index contributed by atoms with van der Waals surface area (Å²) in [5.41, 5.74) is 0.514. The molecule has 0 N–H and O–H groups in total. The van der Waals surface area contributed by atoms with Crippen LogP contribution < -0.4 is 0 Å². The first-order valence-electron chi connectivity index (χ1n) is 8.35. The van der Waals surface area contributed by atoms with Crippen LogP contribution in [-0.4, -0.2) is 35.0 Å². The van der Waals surface area contributed by atoms with Crippen molar-refractivity contribution in [2.75, 3.05) is 6.54 Å². The standard InChI is InChI=1S/C18H27NO3S/c1-13-9-11-23-16(13)15(20)12-14-8-6-5-7-10-19(14)17(21)22-18(2,3)4/h9,11,14H,5-8,10,12H2,1-4H3. The Kier molecular flexibility index (Phi) is 5.84. The minimum Gasteiger partial charge on any atom is -0.444 e. The molecule has 0 spiro atoms. The van der Waals surface area contributed by atoms with Crippen LogP contribution in [0.15, 0.2) is 11.4 Å². The summed E-state index contributed by atoms with van der Waals surface area (Å²) in [7, 11) is 0. The van der Waals surface area contributed by atoms with Gasteiger partial charge in [0.05, 0.1) is 4.88 Å². The number of rotatable bonds is 3. The first kappa shape index (κ1) is 18.0. The topological polar surface area (TPSA) is 46.6 Å². The third-order valence-corrected chi connectivity index (χ3v) is 5.10. The van der Waals surface area contributed by atoms with Gasteiger partial charge in [0.15, 0.2) is 5.78 Å². The lowest BCUT2D eigenvalue weighted by atomic mass is 10.0. The molecule has 1 amide bonds. The molecule has 1 aliphatic heterocycles. The molecule has 2 heterocycles. The summed E-state index contributed by atoms with van der Waals surface area (Å²) in [4.78, 5) is 27.7. The van der Waals surface area contributed by atoms with E-state index in [4.69, 9.17) is 4.74 Å². The van der Waals surface area contributed by atoms with Crippen molar-refractivity contribution in [2.45, 2.75) is 71.4 Å². The van der Waals surface area contributed by atoms with E-state index in [0.717, 1.165) is 36.1 Å². The van der Waals surface area contributed by atoms with Gasteiger partial charge < -0.3 is 9.64 Å². The maximum Gasteiger partial charge on any atom is 0.410 e. The quantitative estimate of drug-likeness (QED) is 0.744. The predicted octanol–water partition coefficient (Wildman–Crippen LogP) is 4.81. The summed E-state index contributed by atoms with van der Waals surface area (Å²) in [5, 5.41) is 1.95. The normalized spacial score (nSPS) is 19.3. The summed E-state index contributed by atoms with van der Waals surface area (Å²) in [6.45, 7) is 8.26.